The molecule has 2 amide bonds. The molecule has 0 saturated heterocycles. The third-order valence-electron chi connectivity index (χ3n) is 4.03. The summed E-state index contributed by atoms with van der Waals surface area (Å²) < 4.78 is 0.803. The predicted octanol–water partition coefficient (Wildman–Crippen LogP) is -0.863. The summed E-state index contributed by atoms with van der Waals surface area (Å²) in [6.07, 6.45) is 0.248. The fraction of sp³-hybridized carbons (Fsp3) is 0.222. The minimum Gasteiger partial charge on any atom is -0.493 e. The van der Waals surface area contributed by atoms with Gasteiger partial charge in [0.1, 0.15) is 17.6 Å². The second-order valence-corrected chi connectivity index (χ2v) is 6.77. The van der Waals surface area contributed by atoms with Crippen molar-refractivity contribution in [1.82, 2.24) is 14.9 Å². The summed E-state index contributed by atoms with van der Waals surface area (Å²) in [7, 11) is 0. The van der Waals surface area contributed by atoms with Crippen LogP contribution >= 0.6 is 11.6 Å². The molecule has 0 radical (unpaired) electrons. The fourth-order valence-electron chi connectivity index (χ4n) is 2.43. The van der Waals surface area contributed by atoms with Crippen molar-refractivity contribution in [2.45, 2.75) is 25.4 Å². The van der Waals surface area contributed by atoms with Gasteiger partial charge in [-0.25, -0.2) is 14.2 Å². The third kappa shape index (κ3) is 5.79. The van der Waals surface area contributed by atoms with Crippen LogP contribution in [0.2, 0.25) is 5.02 Å². The first-order chi connectivity index (χ1) is 14.5. The number of amides is 2. The molecule has 6 N–H and O–H groups in total. The number of hydrogen-bond donors (Lipinski definition) is 5. The number of hydrogen-bond acceptors (Lipinski definition) is 7. The molecule has 0 fully saturated rings. The summed E-state index contributed by atoms with van der Waals surface area (Å²) >= 11 is 5.80. The Morgan fingerprint density at radius 1 is 1.29 bits per heavy atom. The molecular formula is C18H18ClN5O7. The lowest BCUT2D eigenvalue weighted by Gasteiger charge is -2.14. The number of nitrogens with one attached hydrogen (secondary N) is 2. The largest absolute Gasteiger partial charge is 0.493 e. The fourth-order valence-corrected chi connectivity index (χ4v) is 2.56. The molecule has 164 valence electrons. The standard InChI is InChI=1S/C18H18ClN5O7/c1-8(14(26)22-12(17(29)30)6-13(20)25)21-7-11-15(27)23-18(31)24(16(11)28)10-4-2-9(19)3-5-10/h2-5,7-8,12,28H,6H2,1H3,(H2,20,25)(H,22,26)(H,29,30)(H,23,27,31)/t8-,12+/m0/s1. The molecule has 0 aliphatic heterocycles. The quantitative estimate of drug-likeness (QED) is 0.321. The SMILES string of the molecule is C[C@H](N=Cc1c(O)n(-c2ccc(Cl)cc2)c(=O)[nH]c1=O)C(=O)N[C@H](CC(N)=O)C(=O)O. The van der Waals surface area contributed by atoms with Crippen LogP contribution in [-0.4, -0.2) is 55.8 Å². The zero-order valence-electron chi connectivity index (χ0n) is 16.0. The zero-order valence-corrected chi connectivity index (χ0v) is 16.8. The molecule has 2 aromatic rings. The number of primary amides is 1. The van der Waals surface area contributed by atoms with Crippen LogP contribution in [0.25, 0.3) is 5.69 Å². The summed E-state index contributed by atoms with van der Waals surface area (Å²) in [4.78, 5) is 64.3. The van der Waals surface area contributed by atoms with Crippen molar-refractivity contribution in [2.24, 2.45) is 10.7 Å². The highest BCUT2D eigenvalue weighted by atomic mass is 35.5. The van der Waals surface area contributed by atoms with E-state index in [2.05, 4.69) is 10.3 Å². The Kier molecular flexibility index (Phi) is 7.32. The van der Waals surface area contributed by atoms with Gasteiger partial charge in [-0.05, 0) is 31.2 Å². The van der Waals surface area contributed by atoms with Gasteiger partial charge in [0, 0.05) is 11.2 Å². The second-order valence-electron chi connectivity index (χ2n) is 6.33. The first kappa shape index (κ1) is 23.3. The van der Waals surface area contributed by atoms with E-state index < -0.39 is 59.0 Å². The number of H-pyrrole nitrogens is 1. The van der Waals surface area contributed by atoms with E-state index in [1.54, 1.807) is 0 Å². The van der Waals surface area contributed by atoms with E-state index >= 15 is 0 Å². The van der Waals surface area contributed by atoms with Crippen LogP contribution in [0.4, 0.5) is 0 Å². The van der Waals surface area contributed by atoms with Crippen molar-refractivity contribution in [3.8, 4) is 11.6 Å². The number of carboxylic acid groups (broad SMARTS) is 1. The summed E-state index contributed by atoms with van der Waals surface area (Å²) in [5.41, 5.74) is 2.87. The molecule has 1 heterocycles. The Labute approximate surface area is 179 Å². The van der Waals surface area contributed by atoms with Crippen molar-refractivity contribution >= 4 is 35.6 Å². The molecular weight excluding hydrogens is 434 g/mol. The number of carbonyl (C=O) groups is 3. The van der Waals surface area contributed by atoms with E-state index in [-0.39, 0.29) is 5.69 Å². The number of halogens is 1. The molecule has 0 aliphatic carbocycles. The summed E-state index contributed by atoms with van der Waals surface area (Å²) in [5.74, 6) is -3.99. The number of benzene rings is 1. The maximum absolute atomic E-state index is 12.1. The van der Waals surface area contributed by atoms with Gasteiger partial charge in [-0.15, -0.1) is 0 Å². The molecule has 2 atom stereocenters. The summed E-state index contributed by atoms with van der Waals surface area (Å²) in [5, 5.41) is 21.9. The monoisotopic (exact) mass is 451 g/mol. The number of aliphatic carboxylic acids is 1. The molecule has 12 nitrogen and oxygen atoms in total. The topological polar surface area (TPSA) is 197 Å². The average Bonchev–Trinajstić information content (AvgIpc) is 2.67. The van der Waals surface area contributed by atoms with E-state index in [1.807, 2.05) is 4.98 Å². The van der Waals surface area contributed by atoms with E-state index in [9.17, 15) is 29.1 Å². The third-order valence-corrected chi connectivity index (χ3v) is 4.28. The number of aliphatic imine (C=N–C) groups is 1. The van der Waals surface area contributed by atoms with Crippen LogP contribution in [0.1, 0.15) is 18.9 Å². The van der Waals surface area contributed by atoms with Gasteiger partial charge in [-0.1, -0.05) is 11.6 Å². The van der Waals surface area contributed by atoms with Crippen molar-refractivity contribution in [3.05, 3.63) is 55.7 Å². The van der Waals surface area contributed by atoms with Gasteiger partial charge in [0.15, 0.2) is 0 Å². The number of carbonyl (C=O) groups excluding carboxylic acids is 2. The minimum atomic E-state index is -1.55. The number of rotatable bonds is 8. The molecule has 31 heavy (non-hydrogen) atoms. The van der Waals surface area contributed by atoms with Gasteiger partial charge in [-0.3, -0.25) is 24.4 Å². The van der Waals surface area contributed by atoms with Crippen molar-refractivity contribution < 1.29 is 24.6 Å². The Morgan fingerprint density at radius 2 is 1.90 bits per heavy atom. The van der Waals surface area contributed by atoms with E-state index in [1.165, 1.54) is 31.2 Å². The molecule has 1 aromatic carbocycles. The highest BCUT2D eigenvalue weighted by Gasteiger charge is 2.24. The number of nitrogens with zero attached hydrogens (tertiary/aromatic N) is 2. The number of aromatic amines is 1. The first-order valence-electron chi connectivity index (χ1n) is 8.70. The number of aromatic hydroxyl groups is 1. The van der Waals surface area contributed by atoms with Gasteiger partial charge in [0.2, 0.25) is 17.7 Å². The van der Waals surface area contributed by atoms with Gasteiger partial charge in [-0.2, -0.15) is 0 Å². The lowest BCUT2D eigenvalue weighted by molar-refractivity contribution is -0.143. The van der Waals surface area contributed by atoms with Crippen LogP contribution in [0.3, 0.4) is 0 Å². The van der Waals surface area contributed by atoms with E-state index in [4.69, 9.17) is 22.4 Å². The maximum Gasteiger partial charge on any atom is 0.335 e. The van der Waals surface area contributed by atoms with Gasteiger partial charge < -0.3 is 21.3 Å². The number of carboxylic acids is 1. The summed E-state index contributed by atoms with van der Waals surface area (Å²) in [6.45, 7) is 1.29. The van der Waals surface area contributed by atoms with Crippen LogP contribution in [0, 0.1) is 0 Å². The van der Waals surface area contributed by atoms with Crippen molar-refractivity contribution in [3.63, 3.8) is 0 Å². The van der Waals surface area contributed by atoms with Gasteiger partial charge >= 0.3 is 11.7 Å². The zero-order chi connectivity index (χ0) is 23.3. The van der Waals surface area contributed by atoms with Crippen LogP contribution in [0.5, 0.6) is 5.88 Å². The molecule has 0 spiro atoms. The Morgan fingerprint density at radius 3 is 2.45 bits per heavy atom. The Balaban J connectivity index is 2.32. The number of nitrogens with two attached hydrogens (primary N) is 1. The normalized spacial score (nSPS) is 13.0. The maximum atomic E-state index is 12.1. The molecule has 0 bridgehead atoms. The van der Waals surface area contributed by atoms with Crippen molar-refractivity contribution in [2.75, 3.05) is 0 Å². The predicted molar refractivity (Wildman–Crippen MR) is 110 cm³/mol. The highest BCUT2D eigenvalue weighted by molar-refractivity contribution is 6.30. The lowest BCUT2D eigenvalue weighted by Crippen LogP contribution is -2.46. The molecule has 1 aromatic heterocycles. The van der Waals surface area contributed by atoms with Crippen molar-refractivity contribution in [1.29, 1.82) is 0 Å². The number of aromatic nitrogens is 2. The molecule has 2 rings (SSSR count). The smallest absolute Gasteiger partial charge is 0.335 e. The first-order valence-corrected chi connectivity index (χ1v) is 9.08. The molecule has 13 heteroatoms. The van der Waals surface area contributed by atoms with Gasteiger partial charge in [0.25, 0.3) is 5.56 Å². The average molecular weight is 452 g/mol. The van der Waals surface area contributed by atoms with Crippen LogP contribution < -0.4 is 22.3 Å². The molecule has 0 saturated carbocycles. The minimum absolute atomic E-state index is 0.208. The molecule has 0 unspecified atom stereocenters. The van der Waals surface area contributed by atoms with Crippen LogP contribution in [0.15, 0.2) is 38.8 Å². The highest BCUT2D eigenvalue weighted by Crippen LogP contribution is 2.17. The van der Waals surface area contributed by atoms with Gasteiger partial charge in [0.05, 0.1) is 12.1 Å². The van der Waals surface area contributed by atoms with Crippen LogP contribution in [-0.2, 0) is 14.4 Å². The Hall–Kier alpha value is -3.93. The van der Waals surface area contributed by atoms with E-state index in [0.717, 1.165) is 10.8 Å². The molecule has 0 aliphatic rings. The summed E-state index contributed by atoms with van der Waals surface area (Å²) in [6, 6.07) is 3.06. The Bertz CT molecular complexity index is 1150. The lowest BCUT2D eigenvalue weighted by atomic mass is 10.2. The second kappa shape index (κ2) is 9.71. The van der Waals surface area contributed by atoms with E-state index in [0.29, 0.717) is 5.02 Å².